The Bertz CT molecular complexity index is 1050. The van der Waals surface area contributed by atoms with Gasteiger partial charge in [0.2, 0.25) is 0 Å². The number of hydrogen-bond acceptors (Lipinski definition) is 5. The van der Waals surface area contributed by atoms with Gasteiger partial charge in [0, 0.05) is 25.8 Å². The van der Waals surface area contributed by atoms with E-state index in [-0.39, 0.29) is 17.9 Å². The van der Waals surface area contributed by atoms with E-state index in [1.54, 1.807) is 49.6 Å². The molecule has 3 rings (SSSR count). The maximum atomic E-state index is 13.0. The molecule has 0 saturated carbocycles. The molecule has 1 fully saturated rings. The Hall–Kier alpha value is -2.54. The second-order valence-corrected chi connectivity index (χ2v) is 9.06. The Morgan fingerprint density at radius 3 is 2.39 bits per heavy atom. The highest BCUT2D eigenvalue weighted by Gasteiger charge is 2.45. The van der Waals surface area contributed by atoms with E-state index < -0.39 is 17.7 Å². The van der Waals surface area contributed by atoms with Crippen LogP contribution in [-0.2, 0) is 14.3 Å². The molecule has 1 atom stereocenters. The highest BCUT2D eigenvalue weighted by atomic mass is 35.5. The Morgan fingerprint density at radius 2 is 1.79 bits per heavy atom. The monoisotopic (exact) mass is 491 g/mol. The average molecular weight is 492 g/mol. The maximum Gasteiger partial charge on any atom is 0.295 e. The number of carbonyl (C=O) groups is 2. The van der Waals surface area contributed by atoms with E-state index >= 15 is 0 Å². The average Bonchev–Trinajstić information content (AvgIpc) is 3.04. The lowest BCUT2D eigenvalue weighted by atomic mass is 9.95. The number of aliphatic hydroxyl groups excluding tert-OH is 1. The fraction of sp³-hybridized carbons (Fsp3) is 0.360. The lowest BCUT2D eigenvalue weighted by molar-refractivity contribution is -0.140. The third-order valence-corrected chi connectivity index (χ3v) is 6.00. The maximum absolute atomic E-state index is 13.0. The Morgan fingerprint density at radius 1 is 1.09 bits per heavy atom. The molecule has 1 aliphatic rings. The highest BCUT2D eigenvalue weighted by molar-refractivity contribution is 6.46. The number of ether oxygens (including phenoxy) is 2. The number of benzene rings is 2. The second-order valence-electron chi connectivity index (χ2n) is 8.24. The molecule has 0 aromatic heterocycles. The first-order valence-corrected chi connectivity index (χ1v) is 11.5. The summed E-state index contributed by atoms with van der Waals surface area (Å²) < 4.78 is 10.8. The zero-order valence-electron chi connectivity index (χ0n) is 18.8. The van der Waals surface area contributed by atoms with Gasteiger partial charge in [-0.1, -0.05) is 43.1 Å². The number of aliphatic hydroxyl groups is 1. The first-order valence-electron chi connectivity index (χ1n) is 10.7. The van der Waals surface area contributed by atoms with Gasteiger partial charge in [0.05, 0.1) is 28.3 Å². The van der Waals surface area contributed by atoms with Crippen LogP contribution in [0.2, 0.25) is 10.0 Å². The fourth-order valence-electron chi connectivity index (χ4n) is 3.65. The normalized spacial score (nSPS) is 17.8. The van der Waals surface area contributed by atoms with Crippen molar-refractivity contribution >= 4 is 40.7 Å². The van der Waals surface area contributed by atoms with Gasteiger partial charge in [0.1, 0.15) is 11.5 Å². The van der Waals surface area contributed by atoms with Crippen molar-refractivity contribution < 1.29 is 24.2 Å². The van der Waals surface area contributed by atoms with Crippen LogP contribution in [0.25, 0.3) is 5.76 Å². The summed E-state index contributed by atoms with van der Waals surface area (Å²) in [5.41, 5.74) is 0.998. The van der Waals surface area contributed by atoms with Gasteiger partial charge in [-0.2, -0.15) is 0 Å². The standard InChI is InChI=1S/C25H27Cl2NO5/c1-15(2)14-33-18-8-5-16(6-9-18)23(29)21-22(17-7-10-19(26)20(27)13-17)28(11-4-12-32-3)25(31)24(21)30/h5-10,13,15,22,29H,4,11-12,14H2,1-3H3/b23-21+. The van der Waals surface area contributed by atoms with Crippen molar-refractivity contribution in [2.24, 2.45) is 5.92 Å². The van der Waals surface area contributed by atoms with Crippen molar-refractivity contribution in [1.82, 2.24) is 4.90 Å². The van der Waals surface area contributed by atoms with E-state index in [0.29, 0.717) is 52.5 Å². The third-order valence-electron chi connectivity index (χ3n) is 5.26. The molecule has 6 nitrogen and oxygen atoms in total. The Labute approximate surface area is 203 Å². The van der Waals surface area contributed by atoms with Crippen molar-refractivity contribution in [2.75, 3.05) is 26.9 Å². The van der Waals surface area contributed by atoms with E-state index in [0.717, 1.165) is 0 Å². The van der Waals surface area contributed by atoms with Gasteiger partial charge in [-0.05, 0) is 54.3 Å². The molecular weight excluding hydrogens is 465 g/mol. The minimum Gasteiger partial charge on any atom is -0.507 e. The lowest BCUT2D eigenvalue weighted by Crippen LogP contribution is -2.31. The fourth-order valence-corrected chi connectivity index (χ4v) is 3.95. The number of rotatable bonds is 9. The summed E-state index contributed by atoms with van der Waals surface area (Å²) >= 11 is 12.3. The predicted molar refractivity (Wildman–Crippen MR) is 129 cm³/mol. The minimum absolute atomic E-state index is 0.00616. The molecule has 1 saturated heterocycles. The van der Waals surface area contributed by atoms with Gasteiger partial charge in [-0.15, -0.1) is 0 Å². The van der Waals surface area contributed by atoms with Crippen molar-refractivity contribution in [1.29, 1.82) is 0 Å². The first-order chi connectivity index (χ1) is 15.7. The summed E-state index contributed by atoms with van der Waals surface area (Å²) in [7, 11) is 1.57. The molecule has 0 spiro atoms. The summed E-state index contributed by atoms with van der Waals surface area (Å²) in [6.07, 6.45) is 0.531. The Balaban J connectivity index is 2.03. The van der Waals surface area contributed by atoms with E-state index in [1.165, 1.54) is 4.90 Å². The molecule has 1 amide bonds. The predicted octanol–water partition coefficient (Wildman–Crippen LogP) is 5.49. The number of likely N-dealkylation sites (tertiary alicyclic amines) is 1. The zero-order valence-corrected chi connectivity index (χ0v) is 20.3. The van der Waals surface area contributed by atoms with Crippen molar-refractivity contribution in [3.8, 4) is 5.75 Å². The molecule has 1 unspecified atom stereocenters. The van der Waals surface area contributed by atoms with Crippen LogP contribution in [0.3, 0.4) is 0 Å². The third kappa shape index (κ3) is 5.69. The van der Waals surface area contributed by atoms with E-state index in [9.17, 15) is 14.7 Å². The molecule has 8 heteroatoms. The van der Waals surface area contributed by atoms with Crippen LogP contribution in [0.15, 0.2) is 48.0 Å². The van der Waals surface area contributed by atoms with Crippen LogP contribution in [0, 0.1) is 5.92 Å². The molecule has 2 aromatic rings. The van der Waals surface area contributed by atoms with Gasteiger partial charge in [-0.25, -0.2) is 0 Å². The number of methoxy groups -OCH3 is 1. The largest absolute Gasteiger partial charge is 0.507 e. The number of carbonyl (C=O) groups excluding carboxylic acids is 2. The minimum atomic E-state index is -0.798. The number of halogens is 2. The van der Waals surface area contributed by atoms with Crippen LogP contribution < -0.4 is 4.74 Å². The quantitative estimate of drug-likeness (QED) is 0.217. The molecule has 176 valence electrons. The van der Waals surface area contributed by atoms with Crippen molar-refractivity contribution in [2.45, 2.75) is 26.3 Å². The summed E-state index contributed by atoms with van der Waals surface area (Å²) in [5, 5.41) is 11.8. The number of Topliss-reactive ketones (excluding diaryl/α,β-unsaturated/α-hetero) is 1. The topological polar surface area (TPSA) is 76.1 Å². The van der Waals surface area contributed by atoms with Gasteiger partial charge in [0.15, 0.2) is 0 Å². The van der Waals surface area contributed by atoms with Crippen LogP contribution in [-0.4, -0.2) is 48.6 Å². The number of amides is 1. The van der Waals surface area contributed by atoms with Crippen LogP contribution in [0.1, 0.15) is 37.4 Å². The number of nitrogens with zero attached hydrogens (tertiary/aromatic N) is 1. The second kappa shape index (κ2) is 11.1. The molecule has 1 N–H and O–H groups in total. The van der Waals surface area contributed by atoms with Gasteiger partial charge >= 0.3 is 0 Å². The molecule has 0 aliphatic carbocycles. The first kappa shape index (κ1) is 25.1. The molecule has 33 heavy (non-hydrogen) atoms. The van der Waals surface area contributed by atoms with E-state index in [4.69, 9.17) is 32.7 Å². The van der Waals surface area contributed by atoms with Crippen LogP contribution in [0.5, 0.6) is 5.75 Å². The molecule has 0 radical (unpaired) electrons. The number of hydrogen-bond donors (Lipinski definition) is 1. The summed E-state index contributed by atoms with van der Waals surface area (Å²) in [4.78, 5) is 27.4. The molecule has 0 bridgehead atoms. The summed E-state index contributed by atoms with van der Waals surface area (Å²) in [6, 6.07) is 10.9. The molecule has 2 aromatic carbocycles. The van der Waals surface area contributed by atoms with E-state index in [1.807, 2.05) is 0 Å². The number of ketones is 1. The Kier molecular flexibility index (Phi) is 8.40. The van der Waals surface area contributed by atoms with E-state index in [2.05, 4.69) is 13.8 Å². The summed E-state index contributed by atoms with van der Waals surface area (Å²) in [5.74, 6) is -0.657. The molecule has 1 heterocycles. The van der Waals surface area contributed by atoms with Crippen LogP contribution >= 0.6 is 23.2 Å². The van der Waals surface area contributed by atoms with Crippen LogP contribution in [0.4, 0.5) is 0 Å². The molecular formula is C25H27Cl2NO5. The van der Waals surface area contributed by atoms with Gasteiger partial charge in [0.25, 0.3) is 11.7 Å². The van der Waals surface area contributed by atoms with Crippen molar-refractivity contribution in [3.05, 3.63) is 69.2 Å². The smallest absolute Gasteiger partial charge is 0.295 e. The van der Waals surface area contributed by atoms with Gasteiger partial charge < -0.3 is 19.5 Å². The van der Waals surface area contributed by atoms with Gasteiger partial charge in [-0.3, -0.25) is 9.59 Å². The SMILES string of the molecule is COCCCN1C(=O)C(=O)/C(=C(/O)c2ccc(OCC(C)C)cc2)C1c1ccc(Cl)c(Cl)c1. The van der Waals surface area contributed by atoms with Crippen molar-refractivity contribution in [3.63, 3.8) is 0 Å². The molecule has 1 aliphatic heterocycles. The summed E-state index contributed by atoms with van der Waals surface area (Å²) in [6.45, 7) is 5.37. The highest BCUT2D eigenvalue weighted by Crippen LogP contribution is 2.41. The lowest BCUT2D eigenvalue weighted by Gasteiger charge is -2.25. The zero-order chi connectivity index (χ0) is 24.1.